The molecule has 0 atom stereocenters. The third-order valence-corrected chi connectivity index (χ3v) is 2.57. The quantitative estimate of drug-likeness (QED) is 0.780. The van der Waals surface area contributed by atoms with Crippen molar-refractivity contribution in [3.63, 3.8) is 0 Å². The van der Waals surface area contributed by atoms with Crippen LogP contribution in [0.4, 0.5) is 0 Å². The summed E-state index contributed by atoms with van der Waals surface area (Å²) in [6.45, 7) is 4.23. The van der Waals surface area contributed by atoms with Crippen molar-refractivity contribution in [3.8, 4) is 5.75 Å². The molecule has 0 radical (unpaired) electrons. The Bertz CT molecular complexity index is 334. The fourth-order valence-corrected chi connectivity index (χ4v) is 1.50. The van der Waals surface area contributed by atoms with E-state index in [1.807, 2.05) is 24.3 Å². The summed E-state index contributed by atoms with van der Waals surface area (Å²) in [5.74, 6) is 0.842. The molecule has 0 heterocycles. The van der Waals surface area contributed by atoms with Crippen molar-refractivity contribution in [1.29, 1.82) is 0 Å². The van der Waals surface area contributed by atoms with Crippen LogP contribution < -0.4 is 10.5 Å². The highest BCUT2D eigenvalue weighted by Gasteiger charge is 2.05. The Hall–Kier alpha value is -1.09. The summed E-state index contributed by atoms with van der Waals surface area (Å²) in [6.07, 6.45) is 2.29. The van der Waals surface area contributed by atoms with Crippen molar-refractivity contribution in [2.75, 3.05) is 0 Å². The molecule has 1 aromatic rings. The summed E-state index contributed by atoms with van der Waals surface area (Å²) in [5, 5.41) is 0. The second-order valence-electron chi connectivity index (χ2n) is 3.45. The van der Waals surface area contributed by atoms with Crippen molar-refractivity contribution in [2.45, 2.75) is 32.8 Å². The Kier molecular flexibility index (Phi) is 4.56. The van der Waals surface area contributed by atoms with E-state index >= 15 is 0 Å². The minimum absolute atomic E-state index is 0.270. The van der Waals surface area contributed by atoms with E-state index in [0.717, 1.165) is 24.2 Å². The van der Waals surface area contributed by atoms with Gasteiger partial charge in [-0.3, -0.25) is 0 Å². The van der Waals surface area contributed by atoms with Crippen molar-refractivity contribution < 1.29 is 4.74 Å². The zero-order valence-electron chi connectivity index (χ0n) is 9.19. The van der Waals surface area contributed by atoms with Crippen LogP contribution in [-0.4, -0.2) is 11.1 Å². The third kappa shape index (κ3) is 3.51. The van der Waals surface area contributed by atoms with Gasteiger partial charge in [0.25, 0.3) is 0 Å². The molecule has 1 rings (SSSR count). The minimum Gasteiger partial charge on any atom is -0.490 e. The lowest BCUT2D eigenvalue weighted by Crippen LogP contribution is -2.14. The van der Waals surface area contributed by atoms with Gasteiger partial charge in [-0.1, -0.05) is 38.2 Å². The van der Waals surface area contributed by atoms with Crippen LogP contribution in [0.25, 0.3) is 0 Å². The van der Waals surface area contributed by atoms with Gasteiger partial charge in [0.1, 0.15) is 10.7 Å². The maximum Gasteiger partial charge on any atom is 0.120 e. The fourth-order valence-electron chi connectivity index (χ4n) is 1.37. The maximum atomic E-state index is 5.79. The molecule has 0 aliphatic rings. The SMILES string of the molecule is CCC(CC)Oc1cccc(C(N)=S)c1. The third-order valence-electron chi connectivity index (χ3n) is 2.33. The zero-order valence-corrected chi connectivity index (χ0v) is 10.0. The molecule has 15 heavy (non-hydrogen) atoms. The molecule has 0 spiro atoms. The molecule has 0 saturated heterocycles. The number of benzene rings is 1. The Labute approximate surface area is 96.4 Å². The molecule has 2 nitrogen and oxygen atoms in total. The van der Waals surface area contributed by atoms with Crippen LogP contribution >= 0.6 is 12.2 Å². The zero-order chi connectivity index (χ0) is 11.3. The Balaban J connectivity index is 2.77. The smallest absolute Gasteiger partial charge is 0.120 e. The lowest BCUT2D eigenvalue weighted by molar-refractivity contribution is 0.193. The van der Waals surface area contributed by atoms with Gasteiger partial charge in [-0.2, -0.15) is 0 Å². The van der Waals surface area contributed by atoms with Crippen LogP contribution in [0.5, 0.6) is 5.75 Å². The van der Waals surface area contributed by atoms with Crippen molar-refractivity contribution in [2.24, 2.45) is 5.73 Å². The summed E-state index contributed by atoms with van der Waals surface area (Å²) >= 11 is 4.91. The monoisotopic (exact) mass is 223 g/mol. The largest absolute Gasteiger partial charge is 0.490 e. The first-order chi connectivity index (χ1) is 7.17. The molecule has 0 aliphatic carbocycles. The van der Waals surface area contributed by atoms with Gasteiger partial charge in [0.2, 0.25) is 0 Å². The minimum atomic E-state index is 0.270. The molecule has 2 N–H and O–H groups in total. The summed E-state index contributed by atoms with van der Waals surface area (Å²) < 4.78 is 5.79. The van der Waals surface area contributed by atoms with E-state index in [1.165, 1.54) is 0 Å². The molecule has 0 aliphatic heterocycles. The summed E-state index contributed by atoms with van der Waals surface area (Å²) in [4.78, 5) is 0.407. The van der Waals surface area contributed by atoms with Crippen LogP contribution in [0.1, 0.15) is 32.3 Å². The maximum absolute atomic E-state index is 5.79. The van der Waals surface area contributed by atoms with Crippen LogP contribution in [0.3, 0.4) is 0 Å². The van der Waals surface area contributed by atoms with Crippen LogP contribution in [-0.2, 0) is 0 Å². The lowest BCUT2D eigenvalue weighted by Gasteiger charge is -2.15. The lowest BCUT2D eigenvalue weighted by atomic mass is 10.2. The standard InChI is InChI=1S/C12H17NOS/c1-3-10(4-2)14-11-7-5-6-9(8-11)12(13)15/h5-8,10H,3-4H2,1-2H3,(H2,13,15). The highest BCUT2D eigenvalue weighted by Crippen LogP contribution is 2.17. The normalized spacial score (nSPS) is 10.3. The van der Waals surface area contributed by atoms with E-state index in [4.69, 9.17) is 22.7 Å². The van der Waals surface area contributed by atoms with Gasteiger partial charge in [0, 0.05) is 5.56 Å². The second kappa shape index (κ2) is 5.71. The van der Waals surface area contributed by atoms with Gasteiger partial charge in [-0.25, -0.2) is 0 Å². The van der Waals surface area contributed by atoms with Crippen molar-refractivity contribution in [1.82, 2.24) is 0 Å². The van der Waals surface area contributed by atoms with Gasteiger partial charge in [-0.15, -0.1) is 0 Å². The van der Waals surface area contributed by atoms with Crippen molar-refractivity contribution in [3.05, 3.63) is 29.8 Å². The van der Waals surface area contributed by atoms with Gasteiger partial charge in [0.05, 0.1) is 6.10 Å². The van der Waals surface area contributed by atoms with Crippen LogP contribution in [0.15, 0.2) is 24.3 Å². The topological polar surface area (TPSA) is 35.2 Å². The molecular formula is C12H17NOS. The molecule has 0 bridgehead atoms. The summed E-state index contributed by atoms with van der Waals surface area (Å²) in [5.41, 5.74) is 6.41. The van der Waals surface area contributed by atoms with E-state index in [-0.39, 0.29) is 6.10 Å². The predicted molar refractivity (Wildman–Crippen MR) is 67.3 cm³/mol. The number of thiocarbonyl (C=S) groups is 1. The molecule has 3 heteroatoms. The van der Waals surface area contributed by atoms with Gasteiger partial charge in [0.15, 0.2) is 0 Å². The first kappa shape index (κ1) is 12.0. The molecule has 0 unspecified atom stereocenters. The molecule has 0 aromatic heterocycles. The van der Waals surface area contributed by atoms with E-state index in [0.29, 0.717) is 4.99 Å². The number of rotatable bonds is 5. The predicted octanol–water partition coefficient (Wildman–Crippen LogP) is 2.89. The van der Waals surface area contributed by atoms with Gasteiger partial charge in [-0.05, 0) is 25.0 Å². The van der Waals surface area contributed by atoms with E-state index in [9.17, 15) is 0 Å². The van der Waals surface area contributed by atoms with Gasteiger partial charge < -0.3 is 10.5 Å². The summed E-state index contributed by atoms with van der Waals surface area (Å²) in [7, 11) is 0. The molecular weight excluding hydrogens is 206 g/mol. The highest BCUT2D eigenvalue weighted by atomic mass is 32.1. The van der Waals surface area contributed by atoms with Crippen molar-refractivity contribution >= 4 is 17.2 Å². The van der Waals surface area contributed by atoms with Crippen LogP contribution in [0.2, 0.25) is 0 Å². The Morgan fingerprint density at radius 1 is 1.40 bits per heavy atom. The molecule has 82 valence electrons. The Morgan fingerprint density at radius 2 is 2.07 bits per heavy atom. The van der Waals surface area contributed by atoms with Gasteiger partial charge >= 0.3 is 0 Å². The van der Waals surface area contributed by atoms with E-state index in [2.05, 4.69) is 13.8 Å². The van der Waals surface area contributed by atoms with E-state index in [1.54, 1.807) is 0 Å². The summed E-state index contributed by atoms with van der Waals surface area (Å²) in [6, 6.07) is 7.62. The molecule has 0 amide bonds. The first-order valence-corrected chi connectivity index (χ1v) is 5.64. The van der Waals surface area contributed by atoms with Crippen LogP contribution in [0, 0.1) is 0 Å². The molecule has 0 fully saturated rings. The highest BCUT2D eigenvalue weighted by molar-refractivity contribution is 7.80. The number of hydrogen-bond acceptors (Lipinski definition) is 2. The Morgan fingerprint density at radius 3 is 2.60 bits per heavy atom. The number of nitrogens with two attached hydrogens (primary N) is 1. The number of hydrogen-bond donors (Lipinski definition) is 1. The average molecular weight is 223 g/mol. The van der Waals surface area contributed by atoms with E-state index < -0.39 is 0 Å². The number of ether oxygens (including phenoxy) is 1. The second-order valence-corrected chi connectivity index (χ2v) is 3.89. The fraction of sp³-hybridized carbons (Fsp3) is 0.417. The molecule has 1 aromatic carbocycles. The molecule has 0 saturated carbocycles. The first-order valence-electron chi connectivity index (χ1n) is 5.23. The average Bonchev–Trinajstić information content (AvgIpc) is 2.26.